The second-order valence-electron chi connectivity index (χ2n) is 9.83. The lowest BCUT2D eigenvalue weighted by molar-refractivity contribution is 0.0558. The molecule has 0 aliphatic heterocycles. The van der Waals surface area contributed by atoms with Gasteiger partial charge in [0.15, 0.2) is 11.6 Å². The molecule has 10 heteroatoms. The van der Waals surface area contributed by atoms with E-state index in [1.165, 1.54) is 4.57 Å². The normalized spacial score (nSPS) is 12.7. The molecule has 0 fully saturated rings. The van der Waals surface area contributed by atoms with Crippen LogP contribution < -0.4 is 15.6 Å². The number of pyridine rings is 2. The molecule has 4 aromatic rings. The van der Waals surface area contributed by atoms with Crippen LogP contribution >= 0.6 is 11.3 Å². The third-order valence-electron chi connectivity index (χ3n) is 6.36. The summed E-state index contributed by atoms with van der Waals surface area (Å²) in [6.07, 6.45) is 1.60. The van der Waals surface area contributed by atoms with Gasteiger partial charge in [-0.15, -0.1) is 11.3 Å². The van der Waals surface area contributed by atoms with E-state index in [1.54, 1.807) is 53.1 Å². The van der Waals surface area contributed by atoms with Crippen molar-refractivity contribution in [1.82, 2.24) is 19.9 Å². The van der Waals surface area contributed by atoms with Crippen molar-refractivity contribution in [1.29, 1.82) is 0 Å². The average Bonchev–Trinajstić information content (AvgIpc) is 3.38. The predicted molar refractivity (Wildman–Crippen MR) is 143 cm³/mol. The third kappa shape index (κ3) is 5.03. The number of carbonyl (C=O) groups excluding carboxylic acids is 1. The topological polar surface area (TPSA) is 109 Å². The number of carbonyl (C=O) groups is 1. The summed E-state index contributed by atoms with van der Waals surface area (Å²) in [5, 5.41) is 13.8. The molecule has 1 atom stereocenters. The molecule has 0 bridgehead atoms. The van der Waals surface area contributed by atoms with Crippen molar-refractivity contribution >= 4 is 28.1 Å². The smallest absolute Gasteiger partial charge is 0.274 e. The molecule has 196 valence electrons. The van der Waals surface area contributed by atoms with Gasteiger partial charge in [-0.3, -0.25) is 9.59 Å². The average molecular weight is 527 g/mol. The zero-order valence-electron chi connectivity index (χ0n) is 21.9. The van der Waals surface area contributed by atoms with E-state index in [0.717, 1.165) is 22.6 Å². The van der Waals surface area contributed by atoms with Gasteiger partial charge in [0.1, 0.15) is 11.2 Å². The molecule has 0 aliphatic rings. The second-order valence-corrected chi connectivity index (χ2v) is 10.9. The maximum atomic E-state index is 16.1. The molecule has 0 aromatic carbocycles. The van der Waals surface area contributed by atoms with Crippen LogP contribution in [0.4, 0.5) is 4.39 Å². The van der Waals surface area contributed by atoms with Crippen molar-refractivity contribution in [3.8, 4) is 22.1 Å². The number of fused-ring (bicyclic) bond motifs is 1. The van der Waals surface area contributed by atoms with Crippen LogP contribution in [0.2, 0.25) is 0 Å². The van der Waals surface area contributed by atoms with Crippen molar-refractivity contribution in [2.24, 2.45) is 7.05 Å². The fraction of sp³-hybridized carbons (Fsp3) is 0.370. The van der Waals surface area contributed by atoms with Crippen molar-refractivity contribution in [2.75, 3.05) is 6.54 Å². The lowest BCUT2D eigenvalue weighted by Gasteiger charge is -2.24. The van der Waals surface area contributed by atoms with E-state index in [-0.39, 0.29) is 34.3 Å². The van der Waals surface area contributed by atoms with Crippen LogP contribution in [0.5, 0.6) is 11.6 Å². The van der Waals surface area contributed by atoms with E-state index in [2.05, 4.69) is 15.3 Å². The van der Waals surface area contributed by atoms with E-state index in [1.807, 2.05) is 19.9 Å². The molecule has 0 radical (unpaired) electrons. The number of hydrogen-bond acceptors (Lipinski definition) is 6. The summed E-state index contributed by atoms with van der Waals surface area (Å²) < 4.78 is 23.5. The Bertz CT molecular complexity index is 1540. The highest BCUT2D eigenvalue weighted by Gasteiger charge is 2.33. The van der Waals surface area contributed by atoms with Crippen LogP contribution in [0.15, 0.2) is 29.2 Å². The summed E-state index contributed by atoms with van der Waals surface area (Å²) in [7, 11) is 1.59. The van der Waals surface area contributed by atoms with Crippen molar-refractivity contribution < 1.29 is 19.0 Å². The number of ether oxygens (including phenoxy) is 1. The number of H-pyrrole nitrogens is 1. The Morgan fingerprint density at radius 3 is 2.65 bits per heavy atom. The number of nitrogens with zero attached hydrogens (tertiary/aromatic N) is 2. The molecule has 0 spiro atoms. The Morgan fingerprint density at radius 2 is 2.03 bits per heavy atom. The molecule has 4 rings (SSSR count). The number of nitrogens with one attached hydrogen (secondary N) is 2. The van der Waals surface area contributed by atoms with Gasteiger partial charge in [-0.25, -0.2) is 9.37 Å². The van der Waals surface area contributed by atoms with Gasteiger partial charge in [-0.05, 0) is 52.3 Å². The molecule has 37 heavy (non-hydrogen) atoms. The Morgan fingerprint density at radius 1 is 1.32 bits per heavy atom. The highest BCUT2D eigenvalue weighted by Crippen LogP contribution is 2.49. The number of aliphatic hydroxyl groups is 1. The number of amides is 1. The first-order valence-electron chi connectivity index (χ1n) is 12.0. The number of thiophene rings is 1. The monoisotopic (exact) mass is 526 g/mol. The number of rotatable bonds is 7. The molecule has 3 N–H and O–H groups in total. The number of hydrogen-bond donors (Lipinski definition) is 3. The van der Waals surface area contributed by atoms with Crippen molar-refractivity contribution in [2.45, 2.75) is 53.1 Å². The van der Waals surface area contributed by atoms with Crippen LogP contribution in [-0.2, 0) is 7.05 Å². The molecule has 0 aliphatic carbocycles. The summed E-state index contributed by atoms with van der Waals surface area (Å²) in [5.41, 5.74) is 1.07. The number of halogens is 1. The summed E-state index contributed by atoms with van der Waals surface area (Å²) in [6, 6.07) is 5.19. The zero-order valence-corrected chi connectivity index (χ0v) is 22.8. The van der Waals surface area contributed by atoms with E-state index in [9.17, 15) is 14.7 Å². The summed E-state index contributed by atoms with van der Waals surface area (Å²) in [6.45, 7) is 10.9. The van der Waals surface area contributed by atoms with Gasteiger partial charge < -0.3 is 24.7 Å². The second kappa shape index (κ2) is 9.75. The van der Waals surface area contributed by atoms with Gasteiger partial charge in [0.05, 0.1) is 15.4 Å². The fourth-order valence-corrected chi connectivity index (χ4v) is 5.50. The highest BCUT2D eigenvalue weighted by atomic mass is 32.1. The molecular weight excluding hydrogens is 495 g/mol. The van der Waals surface area contributed by atoms with Crippen LogP contribution in [0.3, 0.4) is 0 Å². The minimum atomic E-state index is -1.20. The largest absolute Gasteiger partial charge is 0.434 e. The first-order valence-corrected chi connectivity index (χ1v) is 12.8. The molecule has 4 aromatic heterocycles. The molecule has 0 saturated carbocycles. The van der Waals surface area contributed by atoms with Crippen LogP contribution in [0.25, 0.3) is 21.3 Å². The first kappa shape index (κ1) is 26.6. The number of aromatic nitrogens is 3. The van der Waals surface area contributed by atoms with Crippen LogP contribution in [0.1, 0.15) is 60.2 Å². The van der Waals surface area contributed by atoms with Crippen LogP contribution in [0, 0.1) is 19.7 Å². The maximum absolute atomic E-state index is 16.1. The van der Waals surface area contributed by atoms with E-state index in [0.29, 0.717) is 27.2 Å². The summed E-state index contributed by atoms with van der Waals surface area (Å²) >= 11 is 1.14. The Kier molecular flexibility index (Phi) is 7.00. The van der Waals surface area contributed by atoms with Crippen molar-refractivity contribution in [3.05, 3.63) is 62.4 Å². The minimum Gasteiger partial charge on any atom is -0.434 e. The van der Waals surface area contributed by atoms with E-state index < -0.39 is 17.3 Å². The van der Waals surface area contributed by atoms with Gasteiger partial charge in [0.2, 0.25) is 5.88 Å². The highest BCUT2D eigenvalue weighted by molar-refractivity contribution is 7.16. The lowest BCUT2D eigenvalue weighted by Crippen LogP contribution is -2.26. The Balaban J connectivity index is 2.00. The molecule has 1 unspecified atom stereocenters. The predicted octanol–water partition coefficient (Wildman–Crippen LogP) is 5.16. The van der Waals surface area contributed by atoms with Gasteiger partial charge in [-0.1, -0.05) is 6.92 Å². The molecule has 4 heterocycles. The van der Waals surface area contributed by atoms with Gasteiger partial charge in [0.25, 0.3) is 11.5 Å². The Hall–Kier alpha value is -3.50. The number of aromatic amines is 1. The lowest BCUT2D eigenvalue weighted by atomic mass is 9.91. The third-order valence-corrected chi connectivity index (χ3v) is 7.72. The summed E-state index contributed by atoms with van der Waals surface area (Å²) in [4.78, 5) is 33.5. The fourth-order valence-electron chi connectivity index (χ4n) is 4.13. The Labute approximate surface area is 218 Å². The first-order chi connectivity index (χ1) is 17.3. The molecule has 8 nitrogen and oxygen atoms in total. The van der Waals surface area contributed by atoms with Gasteiger partial charge >= 0.3 is 0 Å². The maximum Gasteiger partial charge on any atom is 0.274 e. The number of aryl methyl sites for hydroxylation is 3. The van der Waals surface area contributed by atoms with E-state index in [4.69, 9.17) is 4.74 Å². The molecular formula is C27H31FN4O4S. The quantitative estimate of drug-likeness (QED) is 0.308. The standard InChI is InChI=1S/C27H31FN4O4S/c1-8-29-25(33)18-11-16-17(12-32(7)26(34)21(16)31-18)24-22(36-19-10-13(2)9-14(3)30-19)20(28)23(37-24)15(4)27(5,6)35/h9-12,15,31,35H,8H2,1-7H3,(H,29,33). The minimum absolute atomic E-state index is 0.0469. The molecule has 0 saturated heterocycles. The molecule has 1 amide bonds. The van der Waals surface area contributed by atoms with Crippen LogP contribution in [-0.4, -0.2) is 37.7 Å². The van der Waals surface area contributed by atoms with Gasteiger partial charge in [-0.2, -0.15) is 0 Å². The van der Waals surface area contributed by atoms with E-state index >= 15 is 4.39 Å². The SMILES string of the molecule is CCNC(=O)c1cc2c(-c3sc(C(C)C(C)(C)O)c(F)c3Oc3cc(C)cc(C)n3)cn(C)c(=O)c2[nH]1. The summed E-state index contributed by atoms with van der Waals surface area (Å²) in [5.74, 6) is -1.32. The van der Waals surface area contributed by atoms with Crippen molar-refractivity contribution in [3.63, 3.8) is 0 Å². The van der Waals surface area contributed by atoms with Gasteiger partial charge in [0, 0.05) is 48.4 Å². The zero-order chi connectivity index (χ0) is 27.2.